The van der Waals surface area contributed by atoms with Crippen molar-refractivity contribution < 1.29 is 4.79 Å². The van der Waals surface area contributed by atoms with Gasteiger partial charge < -0.3 is 10.2 Å². The highest BCUT2D eigenvalue weighted by Gasteiger charge is 2.24. The minimum atomic E-state index is 0.0371. The lowest BCUT2D eigenvalue weighted by atomic mass is 9.89. The number of thiophene rings is 1. The van der Waals surface area contributed by atoms with Crippen molar-refractivity contribution in [3.05, 3.63) is 16.0 Å². The average molecular weight is 317 g/mol. The zero-order chi connectivity index (χ0) is 15.5. The Balaban J connectivity index is 1.64. The minimum Gasteiger partial charge on any atom is -0.317 e. The highest BCUT2D eigenvalue weighted by molar-refractivity contribution is 7.16. The van der Waals surface area contributed by atoms with Gasteiger partial charge in [-0.3, -0.25) is 4.79 Å². The van der Waals surface area contributed by atoms with E-state index in [-0.39, 0.29) is 5.91 Å². The Labute approximate surface area is 136 Å². The molecule has 1 fully saturated rings. The number of amides is 1. The third kappa shape index (κ3) is 3.34. The number of hydrogen-bond donors (Lipinski definition) is 1. The Hall–Kier alpha value is -1.38. The molecule has 1 aliphatic heterocycles. The number of carbonyl (C=O) groups excluding carboxylic acids is 1. The molecule has 22 heavy (non-hydrogen) atoms. The van der Waals surface area contributed by atoms with E-state index in [1.807, 2.05) is 0 Å². The summed E-state index contributed by atoms with van der Waals surface area (Å²) >= 11 is 1.61. The second kappa shape index (κ2) is 6.80. The summed E-state index contributed by atoms with van der Waals surface area (Å²) in [4.78, 5) is 15.8. The molecule has 0 unspecified atom stereocenters. The van der Waals surface area contributed by atoms with Crippen LogP contribution in [0.3, 0.4) is 0 Å². The van der Waals surface area contributed by atoms with Gasteiger partial charge in [0.25, 0.3) is 0 Å². The van der Waals surface area contributed by atoms with Gasteiger partial charge in [0.15, 0.2) is 0 Å². The van der Waals surface area contributed by atoms with Crippen LogP contribution >= 0.6 is 11.3 Å². The SMILES string of the molecule is C[C@@H]1CCc2c(sc(NC(=O)CCN3CCCC3)c2C#N)C1. The third-order valence-corrected chi connectivity index (χ3v) is 5.90. The van der Waals surface area contributed by atoms with Gasteiger partial charge in [0, 0.05) is 17.8 Å². The third-order valence-electron chi connectivity index (χ3n) is 4.73. The molecule has 2 heterocycles. The van der Waals surface area contributed by atoms with E-state index < -0.39 is 0 Å². The number of nitrogens with one attached hydrogen (secondary N) is 1. The summed E-state index contributed by atoms with van der Waals surface area (Å²) in [5.41, 5.74) is 1.89. The lowest BCUT2D eigenvalue weighted by molar-refractivity contribution is -0.116. The fraction of sp³-hybridized carbons (Fsp3) is 0.647. The van der Waals surface area contributed by atoms with E-state index in [2.05, 4.69) is 23.2 Å². The van der Waals surface area contributed by atoms with Crippen LogP contribution in [0.15, 0.2) is 0 Å². The minimum absolute atomic E-state index is 0.0371. The Bertz CT molecular complexity index is 596. The van der Waals surface area contributed by atoms with Crippen molar-refractivity contribution in [2.24, 2.45) is 5.92 Å². The largest absolute Gasteiger partial charge is 0.317 e. The average Bonchev–Trinajstić information content (AvgIpc) is 3.11. The number of nitriles is 1. The number of rotatable bonds is 4. The molecule has 1 atom stereocenters. The number of nitrogens with zero attached hydrogens (tertiary/aromatic N) is 2. The molecule has 1 N–H and O–H groups in total. The molecule has 0 aromatic carbocycles. The molecule has 3 rings (SSSR count). The predicted molar refractivity (Wildman–Crippen MR) is 89.1 cm³/mol. The summed E-state index contributed by atoms with van der Waals surface area (Å²) in [6.07, 6.45) is 6.16. The van der Waals surface area contributed by atoms with E-state index in [0.717, 1.165) is 43.9 Å². The monoisotopic (exact) mass is 317 g/mol. The Morgan fingerprint density at radius 1 is 1.45 bits per heavy atom. The van der Waals surface area contributed by atoms with Crippen LogP contribution in [0.4, 0.5) is 5.00 Å². The van der Waals surface area contributed by atoms with Crippen LogP contribution in [0.5, 0.6) is 0 Å². The van der Waals surface area contributed by atoms with Crippen LogP contribution in [0.25, 0.3) is 0 Å². The first kappa shape index (κ1) is 15.5. The van der Waals surface area contributed by atoms with Crippen molar-refractivity contribution in [3.8, 4) is 6.07 Å². The maximum Gasteiger partial charge on any atom is 0.226 e. The molecular weight excluding hydrogens is 294 g/mol. The second-order valence-electron chi connectivity index (χ2n) is 6.51. The van der Waals surface area contributed by atoms with Crippen LogP contribution < -0.4 is 5.32 Å². The summed E-state index contributed by atoms with van der Waals surface area (Å²) < 4.78 is 0. The molecule has 5 heteroatoms. The molecule has 0 bridgehead atoms. The summed E-state index contributed by atoms with van der Waals surface area (Å²) in [6, 6.07) is 2.31. The van der Waals surface area contributed by atoms with Gasteiger partial charge in [-0.05, 0) is 56.7 Å². The number of fused-ring (bicyclic) bond motifs is 1. The number of likely N-dealkylation sites (tertiary alicyclic amines) is 1. The fourth-order valence-corrected chi connectivity index (χ4v) is 4.79. The number of anilines is 1. The summed E-state index contributed by atoms with van der Waals surface area (Å²) in [5, 5.41) is 13.2. The van der Waals surface area contributed by atoms with Gasteiger partial charge in [0.1, 0.15) is 11.1 Å². The van der Waals surface area contributed by atoms with E-state index in [0.29, 0.717) is 17.9 Å². The van der Waals surface area contributed by atoms with Crippen LogP contribution in [0, 0.1) is 17.2 Å². The van der Waals surface area contributed by atoms with Crippen LogP contribution in [-0.4, -0.2) is 30.4 Å². The van der Waals surface area contributed by atoms with Crippen molar-refractivity contribution in [1.29, 1.82) is 5.26 Å². The van der Waals surface area contributed by atoms with E-state index in [9.17, 15) is 10.1 Å². The Kier molecular flexibility index (Phi) is 4.80. The zero-order valence-corrected chi connectivity index (χ0v) is 14.0. The van der Waals surface area contributed by atoms with Crippen molar-refractivity contribution in [2.75, 3.05) is 25.0 Å². The van der Waals surface area contributed by atoms with Crippen LogP contribution in [-0.2, 0) is 17.6 Å². The van der Waals surface area contributed by atoms with Crippen molar-refractivity contribution in [3.63, 3.8) is 0 Å². The number of carbonyl (C=O) groups is 1. The predicted octanol–water partition coefficient (Wildman–Crippen LogP) is 3.17. The highest BCUT2D eigenvalue weighted by atomic mass is 32.1. The molecule has 1 saturated heterocycles. The topological polar surface area (TPSA) is 56.1 Å². The molecule has 0 radical (unpaired) electrons. The maximum atomic E-state index is 12.2. The molecule has 1 aromatic heterocycles. The van der Waals surface area contributed by atoms with Crippen molar-refractivity contribution in [1.82, 2.24) is 4.90 Å². The normalized spacial score (nSPS) is 21.4. The first-order valence-corrected chi connectivity index (χ1v) is 9.06. The quantitative estimate of drug-likeness (QED) is 0.928. The van der Waals surface area contributed by atoms with Crippen molar-refractivity contribution >= 4 is 22.2 Å². The second-order valence-corrected chi connectivity index (χ2v) is 7.62. The molecule has 0 spiro atoms. The molecule has 118 valence electrons. The summed E-state index contributed by atoms with van der Waals surface area (Å²) in [6.45, 7) is 5.31. The highest BCUT2D eigenvalue weighted by Crippen LogP contribution is 2.39. The van der Waals surface area contributed by atoms with Gasteiger partial charge in [-0.2, -0.15) is 5.26 Å². The summed E-state index contributed by atoms with van der Waals surface area (Å²) in [5.74, 6) is 0.714. The maximum absolute atomic E-state index is 12.2. The van der Waals surface area contributed by atoms with Gasteiger partial charge in [0.2, 0.25) is 5.91 Å². The van der Waals surface area contributed by atoms with Gasteiger partial charge in [0.05, 0.1) is 5.56 Å². The Morgan fingerprint density at radius 2 is 2.23 bits per heavy atom. The smallest absolute Gasteiger partial charge is 0.226 e. The summed E-state index contributed by atoms with van der Waals surface area (Å²) in [7, 11) is 0. The molecule has 0 saturated carbocycles. The van der Waals surface area contributed by atoms with Gasteiger partial charge in [-0.1, -0.05) is 6.92 Å². The fourth-order valence-electron chi connectivity index (χ4n) is 3.41. The molecule has 4 nitrogen and oxygen atoms in total. The first-order chi connectivity index (χ1) is 10.7. The zero-order valence-electron chi connectivity index (χ0n) is 13.2. The standard InChI is InChI=1S/C17H23N3OS/c1-12-4-5-13-14(11-18)17(22-15(13)10-12)19-16(21)6-9-20-7-2-3-8-20/h12H,2-10H2,1H3,(H,19,21)/t12-/m1/s1. The van der Waals surface area contributed by atoms with Gasteiger partial charge in [-0.25, -0.2) is 0 Å². The van der Waals surface area contributed by atoms with E-state index in [1.54, 1.807) is 11.3 Å². The molecule has 1 aromatic rings. The lowest BCUT2D eigenvalue weighted by Gasteiger charge is -2.17. The molecule has 1 amide bonds. The lowest BCUT2D eigenvalue weighted by Crippen LogP contribution is -2.25. The number of hydrogen-bond acceptors (Lipinski definition) is 4. The van der Waals surface area contributed by atoms with Gasteiger partial charge >= 0.3 is 0 Å². The van der Waals surface area contributed by atoms with Crippen LogP contribution in [0.1, 0.15) is 48.6 Å². The van der Waals surface area contributed by atoms with Crippen molar-refractivity contribution in [2.45, 2.75) is 45.4 Å². The van der Waals surface area contributed by atoms with E-state index in [4.69, 9.17) is 0 Å². The Morgan fingerprint density at radius 3 is 2.95 bits per heavy atom. The molecule has 1 aliphatic carbocycles. The van der Waals surface area contributed by atoms with E-state index >= 15 is 0 Å². The first-order valence-electron chi connectivity index (χ1n) is 8.24. The molecule has 2 aliphatic rings. The van der Waals surface area contributed by atoms with Crippen LogP contribution in [0.2, 0.25) is 0 Å². The van der Waals surface area contributed by atoms with E-state index in [1.165, 1.54) is 23.3 Å². The molecular formula is C17H23N3OS. The van der Waals surface area contributed by atoms with Gasteiger partial charge in [-0.15, -0.1) is 11.3 Å².